The average Bonchev–Trinajstić information content (AvgIpc) is 2.17. The predicted octanol–water partition coefficient (Wildman–Crippen LogP) is 2.61. The molecule has 0 heterocycles. The van der Waals surface area contributed by atoms with Crippen LogP contribution in [0.2, 0.25) is 0 Å². The van der Waals surface area contributed by atoms with Crippen molar-refractivity contribution in [2.24, 2.45) is 0 Å². The minimum Gasteiger partial charge on any atom is -0.483 e. The van der Waals surface area contributed by atoms with Crippen LogP contribution in [0.3, 0.4) is 0 Å². The average molecular weight is 197 g/mol. The highest BCUT2D eigenvalue weighted by atomic mass is 16.3. The molecular weight excluding hydrogens is 178 g/mol. The van der Waals surface area contributed by atoms with Crippen LogP contribution in [0.4, 0.5) is 5.69 Å². The van der Waals surface area contributed by atoms with Gasteiger partial charge in [-0.15, -0.1) is 0 Å². The second-order valence-electron chi connectivity index (χ2n) is 2.47. The van der Waals surface area contributed by atoms with Crippen LogP contribution in [-0.2, 0) is 4.79 Å². The molecule has 3 nitrogen and oxygen atoms in total. The minimum absolute atomic E-state index is 0.250. The Labute approximate surface area is 85.6 Å². The lowest BCUT2D eigenvalue weighted by Gasteiger charge is -1.98. The van der Waals surface area contributed by atoms with Gasteiger partial charge in [0.1, 0.15) is 0 Å². The summed E-state index contributed by atoms with van der Waals surface area (Å²) >= 11 is 0. The Bertz CT molecular complexity index is 259. The second kappa shape index (κ2) is 9.58. The number of carbonyl (C=O) groups is 1. The molecule has 0 spiro atoms. The number of carboxylic acid groups (broad SMARTS) is 1. The number of aryl methyl sites for hydroxylation is 2. The van der Waals surface area contributed by atoms with E-state index in [-0.39, 0.29) is 6.47 Å². The number of nitrogen functional groups attached to an aromatic ring is 1. The molecule has 1 aromatic rings. The Balaban J connectivity index is 0. The maximum Gasteiger partial charge on any atom is 0.290 e. The smallest absolute Gasteiger partial charge is 0.290 e. The lowest BCUT2D eigenvalue weighted by atomic mass is 10.1. The molecule has 0 aliphatic carbocycles. The summed E-state index contributed by atoms with van der Waals surface area (Å²) in [5.41, 5.74) is 8.89. The van der Waals surface area contributed by atoms with Crippen molar-refractivity contribution in [3.63, 3.8) is 0 Å². The van der Waals surface area contributed by atoms with Gasteiger partial charge >= 0.3 is 0 Å². The summed E-state index contributed by atoms with van der Waals surface area (Å²) in [6, 6.07) is 6.03. The number of nitrogens with two attached hydrogens (primary N) is 1. The first-order valence-corrected chi connectivity index (χ1v) is 4.52. The van der Waals surface area contributed by atoms with E-state index in [1.54, 1.807) is 0 Å². The molecule has 3 N–H and O–H groups in total. The highest BCUT2D eigenvalue weighted by molar-refractivity contribution is 5.47. The molecule has 14 heavy (non-hydrogen) atoms. The summed E-state index contributed by atoms with van der Waals surface area (Å²) in [7, 11) is 0. The Hall–Kier alpha value is -1.51. The van der Waals surface area contributed by atoms with Crippen molar-refractivity contribution in [2.75, 3.05) is 5.73 Å². The van der Waals surface area contributed by atoms with Gasteiger partial charge in [0.2, 0.25) is 0 Å². The van der Waals surface area contributed by atoms with Crippen LogP contribution < -0.4 is 5.73 Å². The number of hydrogen-bond acceptors (Lipinski definition) is 2. The third-order valence-corrected chi connectivity index (χ3v) is 1.43. The molecule has 0 aromatic heterocycles. The Morgan fingerprint density at radius 1 is 1.29 bits per heavy atom. The molecule has 0 bridgehead atoms. The lowest BCUT2D eigenvalue weighted by Crippen LogP contribution is -1.88. The Kier molecular flexibility index (Phi) is 10.3. The van der Waals surface area contributed by atoms with Gasteiger partial charge in [0.05, 0.1) is 0 Å². The number of rotatable bonds is 0. The highest BCUT2D eigenvalue weighted by Crippen LogP contribution is 2.10. The first-order chi connectivity index (χ1) is 6.61. The zero-order valence-corrected chi connectivity index (χ0v) is 9.24. The largest absolute Gasteiger partial charge is 0.483 e. The van der Waals surface area contributed by atoms with E-state index in [9.17, 15) is 0 Å². The van der Waals surface area contributed by atoms with Gasteiger partial charge in [0.25, 0.3) is 6.47 Å². The zero-order chi connectivity index (χ0) is 11.6. The molecule has 0 fully saturated rings. The van der Waals surface area contributed by atoms with Gasteiger partial charge < -0.3 is 10.8 Å². The molecule has 0 saturated heterocycles. The third-order valence-electron chi connectivity index (χ3n) is 1.43. The van der Waals surface area contributed by atoms with Crippen LogP contribution >= 0.6 is 0 Å². The zero-order valence-electron chi connectivity index (χ0n) is 9.24. The highest BCUT2D eigenvalue weighted by Gasteiger charge is 1.89. The van der Waals surface area contributed by atoms with Gasteiger partial charge in [-0.1, -0.05) is 31.5 Å². The van der Waals surface area contributed by atoms with Gasteiger partial charge in [0, 0.05) is 5.69 Å². The van der Waals surface area contributed by atoms with Crippen LogP contribution in [0.5, 0.6) is 0 Å². The molecule has 0 aliphatic heterocycles. The predicted molar refractivity (Wildman–Crippen MR) is 60.4 cm³/mol. The van der Waals surface area contributed by atoms with Crippen molar-refractivity contribution in [3.05, 3.63) is 29.3 Å². The van der Waals surface area contributed by atoms with Gasteiger partial charge in [-0.2, -0.15) is 0 Å². The Morgan fingerprint density at radius 3 is 2.00 bits per heavy atom. The number of benzene rings is 1. The topological polar surface area (TPSA) is 63.3 Å². The number of hydrogen-bond donors (Lipinski definition) is 2. The maximum absolute atomic E-state index is 8.36. The summed E-state index contributed by atoms with van der Waals surface area (Å²) in [5.74, 6) is 0. The molecular formula is C11H19NO2. The fourth-order valence-corrected chi connectivity index (χ4v) is 0.826. The van der Waals surface area contributed by atoms with E-state index in [0.717, 1.165) is 11.3 Å². The molecule has 0 atom stereocenters. The second-order valence-corrected chi connectivity index (χ2v) is 2.47. The molecule has 0 unspecified atom stereocenters. The summed E-state index contributed by atoms with van der Waals surface area (Å²) in [5, 5.41) is 6.89. The first-order valence-electron chi connectivity index (χ1n) is 4.52. The van der Waals surface area contributed by atoms with E-state index in [2.05, 4.69) is 13.0 Å². The van der Waals surface area contributed by atoms with Crippen LogP contribution in [0.15, 0.2) is 18.2 Å². The van der Waals surface area contributed by atoms with Crippen LogP contribution in [0.25, 0.3) is 0 Å². The van der Waals surface area contributed by atoms with Gasteiger partial charge in [-0.05, 0) is 25.5 Å². The van der Waals surface area contributed by atoms with Crippen molar-refractivity contribution in [1.29, 1.82) is 0 Å². The van der Waals surface area contributed by atoms with E-state index in [4.69, 9.17) is 15.6 Å². The summed E-state index contributed by atoms with van der Waals surface area (Å²) < 4.78 is 0. The summed E-state index contributed by atoms with van der Waals surface area (Å²) in [4.78, 5) is 8.36. The molecule has 1 rings (SSSR count). The van der Waals surface area contributed by atoms with Crippen LogP contribution in [0, 0.1) is 13.8 Å². The molecule has 3 heteroatoms. The minimum atomic E-state index is -0.250. The fourth-order valence-electron chi connectivity index (χ4n) is 0.826. The summed E-state index contributed by atoms with van der Waals surface area (Å²) in [6.07, 6.45) is 0. The van der Waals surface area contributed by atoms with E-state index in [1.807, 2.05) is 32.9 Å². The van der Waals surface area contributed by atoms with Crippen LogP contribution in [0.1, 0.15) is 25.0 Å². The van der Waals surface area contributed by atoms with Gasteiger partial charge in [-0.25, -0.2) is 0 Å². The normalized spacial score (nSPS) is 7.43. The van der Waals surface area contributed by atoms with Crippen molar-refractivity contribution in [1.82, 2.24) is 0 Å². The maximum atomic E-state index is 8.36. The molecule has 0 saturated carbocycles. The van der Waals surface area contributed by atoms with Crippen molar-refractivity contribution in [2.45, 2.75) is 27.7 Å². The van der Waals surface area contributed by atoms with Crippen LogP contribution in [-0.4, -0.2) is 11.6 Å². The lowest BCUT2D eigenvalue weighted by molar-refractivity contribution is -0.122. The van der Waals surface area contributed by atoms with E-state index < -0.39 is 0 Å². The quantitative estimate of drug-likeness (QED) is 0.496. The van der Waals surface area contributed by atoms with Crippen molar-refractivity contribution >= 4 is 12.2 Å². The van der Waals surface area contributed by atoms with E-state index in [0.29, 0.717) is 0 Å². The SMILES string of the molecule is CC.Cc1ccc(N)c(C)c1.O=CO. The molecule has 80 valence electrons. The summed E-state index contributed by atoms with van der Waals surface area (Å²) in [6.45, 7) is 7.83. The molecule has 1 aromatic carbocycles. The van der Waals surface area contributed by atoms with Gasteiger partial charge in [0.15, 0.2) is 0 Å². The Morgan fingerprint density at radius 2 is 1.71 bits per heavy atom. The molecule has 0 radical (unpaired) electrons. The van der Waals surface area contributed by atoms with Crippen molar-refractivity contribution < 1.29 is 9.90 Å². The van der Waals surface area contributed by atoms with Gasteiger partial charge in [-0.3, -0.25) is 4.79 Å². The first kappa shape index (κ1) is 15.0. The van der Waals surface area contributed by atoms with E-state index in [1.165, 1.54) is 5.56 Å². The standard InChI is InChI=1S/C8H11N.C2H6.CH2O2/c1-6-3-4-8(9)7(2)5-6;1-2;2-1-3/h3-5H,9H2,1-2H3;1-2H3;1H,(H,2,3). The van der Waals surface area contributed by atoms with E-state index >= 15 is 0 Å². The molecule has 0 aliphatic rings. The number of anilines is 1. The molecule has 0 amide bonds. The fraction of sp³-hybridized carbons (Fsp3) is 0.364. The van der Waals surface area contributed by atoms with Crippen molar-refractivity contribution in [3.8, 4) is 0 Å². The third kappa shape index (κ3) is 7.16. The monoisotopic (exact) mass is 197 g/mol.